The molecule has 72 valence electrons. The van der Waals surface area contributed by atoms with Crippen molar-refractivity contribution in [3.63, 3.8) is 0 Å². The Morgan fingerprint density at radius 3 is 2.69 bits per heavy atom. The Bertz CT molecular complexity index is 234. The third kappa shape index (κ3) is 1.72. The zero-order valence-electron chi connectivity index (χ0n) is 7.51. The van der Waals surface area contributed by atoms with Crippen molar-refractivity contribution >= 4 is 11.8 Å². The molecule has 2 rings (SSSR count). The molecule has 2 heterocycles. The zero-order chi connectivity index (χ0) is 9.26. The summed E-state index contributed by atoms with van der Waals surface area (Å²) < 4.78 is 0. The van der Waals surface area contributed by atoms with Gasteiger partial charge in [-0.1, -0.05) is 0 Å². The summed E-state index contributed by atoms with van der Waals surface area (Å²) in [6, 6.07) is 0. The van der Waals surface area contributed by atoms with Gasteiger partial charge >= 0.3 is 0 Å². The molecule has 2 unspecified atom stereocenters. The van der Waals surface area contributed by atoms with Gasteiger partial charge in [0.2, 0.25) is 11.8 Å². The second-order valence-electron chi connectivity index (χ2n) is 3.81. The summed E-state index contributed by atoms with van der Waals surface area (Å²) in [6.07, 6.45) is 2.30. The standard InChI is InChI=1S/C9H14N2O2/c12-8-2-1-7(9(13)11-8)6-3-4-10-5-6/h6-7,10H,1-5H2,(H,11,12,13). The Morgan fingerprint density at radius 2 is 2.08 bits per heavy atom. The van der Waals surface area contributed by atoms with E-state index in [4.69, 9.17) is 0 Å². The predicted octanol–water partition coefficient (Wildman–Crippen LogP) is -0.351. The monoisotopic (exact) mass is 182 g/mol. The van der Waals surface area contributed by atoms with E-state index in [0.29, 0.717) is 12.3 Å². The molecule has 2 aliphatic heterocycles. The molecule has 2 saturated heterocycles. The molecule has 2 atom stereocenters. The SMILES string of the molecule is O=C1CCC(C2CCNC2)C(=O)N1. The number of hydrogen-bond donors (Lipinski definition) is 2. The lowest BCUT2D eigenvalue weighted by molar-refractivity contribution is -0.137. The van der Waals surface area contributed by atoms with Gasteiger partial charge in [0.05, 0.1) is 0 Å². The first-order valence-corrected chi connectivity index (χ1v) is 4.82. The van der Waals surface area contributed by atoms with Crippen molar-refractivity contribution in [1.29, 1.82) is 0 Å². The lowest BCUT2D eigenvalue weighted by atomic mass is 9.85. The quantitative estimate of drug-likeness (QED) is 0.545. The number of carbonyl (C=O) groups is 2. The van der Waals surface area contributed by atoms with Crippen LogP contribution in [0.25, 0.3) is 0 Å². The van der Waals surface area contributed by atoms with Crippen molar-refractivity contribution in [1.82, 2.24) is 10.6 Å². The van der Waals surface area contributed by atoms with Crippen LogP contribution >= 0.6 is 0 Å². The van der Waals surface area contributed by atoms with E-state index >= 15 is 0 Å². The van der Waals surface area contributed by atoms with Crippen molar-refractivity contribution in [3.05, 3.63) is 0 Å². The first-order chi connectivity index (χ1) is 6.27. The van der Waals surface area contributed by atoms with E-state index in [9.17, 15) is 9.59 Å². The van der Waals surface area contributed by atoms with E-state index < -0.39 is 0 Å². The lowest BCUT2D eigenvalue weighted by Crippen LogP contribution is -2.44. The highest BCUT2D eigenvalue weighted by molar-refractivity contribution is 5.98. The van der Waals surface area contributed by atoms with Gasteiger partial charge in [-0.25, -0.2) is 0 Å². The molecule has 4 heteroatoms. The molecule has 0 aromatic carbocycles. The fraction of sp³-hybridized carbons (Fsp3) is 0.778. The third-order valence-corrected chi connectivity index (χ3v) is 2.95. The largest absolute Gasteiger partial charge is 0.316 e. The maximum Gasteiger partial charge on any atom is 0.230 e. The van der Waals surface area contributed by atoms with Crippen LogP contribution in [0.4, 0.5) is 0 Å². The van der Waals surface area contributed by atoms with Crippen molar-refractivity contribution in [3.8, 4) is 0 Å². The van der Waals surface area contributed by atoms with Crippen LogP contribution < -0.4 is 10.6 Å². The fourth-order valence-corrected chi connectivity index (χ4v) is 2.18. The van der Waals surface area contributed by atoms with Gasteiger partial charge in [0.15, 0.2) is 0 Å². The number of rotatable bonds is 1. The van der Waals surface area contributed by atoms with Crippen LogP contribution in [0.15, 0.2) is 0 Å². The number of nitrogens with one attached hydrogen (secondary N) is 2. The molecule has 0 aromatic rings. The highest BCUT2D eigenvalue weighted by Gasteiger charge is 2.34. The minimum atomic E-state index is -0.118. The first-order valence-electron chi connectivity index (χ1n) is 4.82. The molecule has 0 bridgehead atoms. The van der Waals surface area contributed by atoms with Gasteiger partial charge in [-0.15, -0.1) is 0 Å². The maximum absolute atomic E-state index is 11.4. The normalized spacial score (nSPS) is 34.8. The fourth-order valence-electron chi connectivity index (χ4n) is 2.18. The number of imide groups is 1. The van der Waals surface area contributed by atoms with E-state index in [1.54, 1.807) is 0 Å². The van der Waals surface area contributed by atoms with E-state index in [0.717, 1.165) is 25.9 Å². The molecule has 13 heavy (non-hydrogen) atoms. The van der Waals surface area contributed by atoms with E-state index in [2.05, 4.69) is 10.6 Å². The summed E-state index contributed by atoms with van der Waals surface area (Å²) in [5, 5.41) is 5.64. The lowest BCUT2D eigenvalue weighted by Gasteiger charge is -2.25. The molecule has 2 amide bonds. The zero-order valence-corrected chi connectivity index (χ0v) is 7.51. The summed E-state index contributed by atoms with van der Waals surface area (Å²) >= 11 is 0. The van der Waals surface area contributed by atoms with Gasteiger partial charge in [-0.05, 0) is 31.8 Å². The molecule has 0 saturated carbocycles. The van der Waals surface area contributed by atoms with Crippen LogP contribution in [0, 0.1) is 11.8 Å². The van der Waals surface area contributed by atoms with Crippen molar-refractivity contribution in [2.75, 3.05) is 13.1 Å². The molecule has 2 fully saturated rings. The Balaban J connectivity index is 1.98. The second-order valence-corrected chi connectivity index (χ2v) is 3.81. The Hall–Kier alpha value is -0.900. The average molecular weight is 182 g/mol. The molecule has 0 spiro atoms. The van der Waals surface area contributed by atoms with Gasteiger partial charge in [-0.3, -0.25) is 14.9 Å². The topological polar surface area (TPSA) is 58.2 Å². The second kappa shape index (κ2) is 3.46. The summed E-state index contributed by atoms with van der Waals surface area (Å²) in [5.41, 5.74) is 0. The molecule has 0 aliphatic carbocycles. The highest BCUT2D eigenvalue weighted by atomic mass is 16.2. The van der Waals surface area contributed by atoms with Crippen LogP contribution in [0.1, 0.15) is 19.3 Å². The molecule has 0 radical (unpaired) electrons. The van der Waals surface area contributed by atoms with Crippen LogP contribution in [0.2, 0.25) is 0 Å². The summed E-state index contributed by atoms with van der Waals surface area (Å²) in [7, 11) is 0. The Labute approximate surface area is 77.1 Å². The highest BCUT2D eigenvalue weighted by Crippen LogP contribution is 2.25. The molecule has 4 nitrogen and oxygen atoms in total. The minimum absolute atomic E-state index is 0.0627. The van der Waals surface area contributed by atoms with Gasteiger partial charge in [0.1, 0.15) is 0 Å². The van der Waals surface area contributed by atoms with Crippen molar-refractivity contribution in [2.45, 2.75) is 19.3 Å². The Kier molecular flexibility index (Phi) is 2.31. The molecule has 2 aliphatic rings. The van der Waals surface area contributed by atoms with Crippen molar-refractivity contribution in [2.24, 2.45) is 11.8 Å². The molecular weight excluding hydrogens is 168 g/mol. The van der Waals surface area contributed by atoms with Crippen LogP contribution in [0.5, 0.6) is 0 Å². The van der Waals surface area contributed by atoms with E-state index in [-0.39, 0.29) is 17.7 Å². The van der Waals surface area contributed by atoms with Gasteiger partial charge in [-0.2, -0.15) is 0 Å². The van der Waals surface area contributed by atoms with Crippen molar-refractivity contribution < 1.29 is 9.59 Å². The smallest absolute Gasteiger partial charge is 0.230 e. The summed E-state index contributed by atoms with van der Waals surface area (Å²) in [5.74, 6) is 0.318. The molecule has 0 aromatic heterocycles. The molecular formula is C9H14N2O2. The third-order valence-electron chi connectivity index (χ3n) is 2.95. The predicted molar refractivity (Wildman–Crippen MR) is 46.9 cm³/mol. The number of carbonyl (C=O) groups excluding carboxylic acids is 2. The van der Waals surface area contributed by atoms with E-state index in [1.807, 2.05) is 0 Å². The summed E-state index contributed by atoms with van der Waals surface area (Å²) in [4.78, 5) is 22.3. The molecule has 2 N–H and O–H groups in total. The van der Waals surface area contributed by atoms with Gasteiger partial charge in [0.25, 0.3) is 0 Å². The van der Waals surface area contributed by atoms with E-state index in [1.165, 1.54) is 0 Å². The maximum atomic E-state index is 11.4. The number of amides is 2. The van der Waals surface area contributed by atoms with Gasteiger partial charge in [0, 0.05) is 12.3 Å². The number of hydrogen-bond acceptors (Lipinski definition) is 3. The van der Waals surface area contributed by atoms with Crippen LogP contribution in [-0.2, 0) is 9.59 Å². The first kappa shape index (κ1) is 8.69. The van der Waals surface area contributed by atoms with Gasteiger partial charge < -0.3 is 5.32 Å². The Morgan fingerprint density at radius 1 is 1.23 bits per heavy atom. The number of piperidine rings is 1. The average Bonchev–Trinajstić information content (AvgIpc) is 2.56. The summed E-state index contributed by atoms with van der Waals surface area (Å²) in [6.45, 7) is 1.93. The minimum Gasteiger partial charge on any atom is -0.316 e. The van der Waals surface area contributed by atoms with Crippen LogP contribution in [0.3, 0.4) is 0 Å². The van der Waals surface area contributed by atoms with Crippen LogP contribution in [-0.4, -0.2) is 24.9 Å².